The molecule has 1 fully saturated rings. The Morgan fingerprint density at radius 2 is 1.95 bits per heavy atom. The lowest BCUT2D eigenvalue weighted by atomic mass is 10.0. The van der Waals surface area contributed by atoms with E-state index in [1.165, 1.54) is 0 Å². The Bertz CT molecular complexity index is 498. The van der Waals surface area contributed by atoms with E-state index in [2.05, 4.69) is 5.16 Å². The number of rotatable bonds is 2. The quantitative estimate of drug-likeness (QED) is 0.835. The first-order valence-electron chi connectivity index (χ1n) is 6.33. The number of halogens is 1. The maximum absolute atomic E-state index is 5.88. The van der Waals surface area contributed by atoms with Gasteiger partial charge in [-0.25, -0.2) is 0 Å². The molecular formula is C14H16ClNO3. The Morgan fingerprint density at radius 3 is 2.58 bits per heavy atom. The molecule has 0 unspecified atom stereocenters. The van der Waals surface area contributed by atoms with Crippen LogP contribution in [0.2, 0.25) is 5.02 Å². The molecular weight excluding hydrogens is 266 g/mol. The summed E-state index contributed by atoms with van der Waals surface area (Å²) in [5, 5.41) is 4.86. The predicted octanol–water partition coefficient (Wildman–Crippen LogP) is 3.31. The highest BCUT2D eigenvalue weighted by Gasteiger charge is 2.38. The second kappa shape index (κ2) is 4.78. The third kappa shape index (κ3) is 2.76. The highest BCUT2D eigenvalue weighted by molar-refractivity contribution is 6.30. The van der Waals surface area contributed by atoms with Crippen LogP contribution in [0, 0.1) is 0 Å². The Morgan fingerprint density at radius 1 is 1.21 bits per heavy atom. The molecule has 0 spiro atoms. The molecule has 3 rings (SSSR count). The Balaban J connectivity index is 1.65. The van der Waals surface area contributed by atoms with Gasteiger partial charge in [-0.1, -0.05) is 28.9 Å². The lowest BCUT2D eigenvalue weighted by molar-refractivity contribution is -0.131. The van der Waals surface area contributed by atoms with Gasteiger partial charge in [0.1, 0.15) is 6.10 Å². The van der Waals surface area contributed by atoms with Crippen LogP contribution >= 0.6 is 11.6 Å². The van der Waals surface area contributed by atoms with Gasteiger partial charge in [0.25, 0.3) is 0 Å². The number of ether oxygens (including phenoxy) is 2. The van der Waals surface area contributed by atoms with Crippen molar-refractivity contribution in [3.05, 3.63) is 34.9 Å². The normalized spacial score (nSPS) is 29.1. The van der Waals surface area contributed by atoms with E-state index in [4.69, 9.17) is 25.9 Å². The van der Waals surface area contributed by atoms with E-state index in [0.29, 0.717) is 6.61 Å². The molecule has 102 valence electrons. The molecule has 4 nitrogen and oxygen atoms in total. The van der Waals surface area contributed by atoms with Crippen molar-refractivity contribution in [2.24, 2.45) is 5.16 Å². The van der Waals surface area contributed by atoms with Gasteiger partial charge < -0.3 is 14.3 Å². The van der Waals surface area contributed by atoms with Gasteiger partial charge in [0.15, 0.2) is 11.9 Å². The average molecular weight is 282 g/mol. The molecule has 19 heavy (non-hydrogen) atoms. The SMILES string of the molecule is CC1(C)OC[C@H](C2=NO[C@H](c3ccc(Cl)cc3)C2)O1. The molecule has 2 aliphatic heterocycles. The van der Waals surface area contributed by atoms with Crippen molar-refractivity contribution in [2.45, 2.75) is 38.3 Å². The molecule has 0 radical (unpaired) electrons. The van der Waals surface area contributed by atoms with Crippen molar-refractivity contribution in [3.8, 4) is 0 Å². The fraction of sp³-hybridized carbons (Fsp3) is 0.500. The van der Waals surface area contributed by atoms with Crippen LogP contribution in [-0.4, -0.2) is 24.2 Å². The lowest BCUT2D eigenvalue weighted by Crippen LogP contribution is -2.26. The second-order valence-electron chi connectivity index (χ2n) is 5.25. The average Bonchev–Trinajstić information content (AvgIpc) is 2.96. The summed E-state index contributed by atoms with van der Waals surface area (Å²) in [5.41, 5.74) is 1.98. The lowest BCUT2D eigenvalue weighted by Gasteiger charge is -2.16. The summed E-state index contributed by atoms with van der Waals surface area (Å²) in [4.78, 5) is 5.48. The van der Waals surface area contributed by atoms with Crippen LogP contribution in [0.4, 0.5) is 0 Å². The molecule has 1 aromatic carbocycles. The summed E-state index contributed by atoms with van der Waals surface area (Å²) in [7, 11) is 0. The minimum atomic E-state index is -0.536. The third-order valence-corrected chi connectivity index (χ3v) is 3.57. The van der Waals surface area contributed by atoms with Crippen LogP contribution in [0.25, 0.3) is 0 Å². The fourth-order valence-electron chi connectivity index (χ4n) is 2.29. The van der Waals surface area contributed by atoms with Gasteiger partial charge in [-0.3, -0.25) is 0 Å². The molecule has 0 amide bonds. The van der Waals surface area contributed by atoms with E-state index >= 15 is 0 Å². The van der Waals surface area contributed by atoms with Gasteiger partial charge in [0.05, 0.1) is 12.3 Å². The summed E-state index contributed by atoms with van der Waals surface area (Å²) in [6, 6.07) is 7.63. The first kappa shape index (κ1) is 12.9. The van der Waals surface area contributed by atoms with Crippen molar-refractivity contribution in [1.29, 1.82) is 0 Å². The van der Waals surface area contributed by atoms with Crippen molar-refractivity contribution >= 4 is 17.3 Å². The number of benzene rings is 1. The third-order valence-electron chi connectivity index (χ3n) is 3.31. The van der Waals surface area contributed by atoms with E-state index < -0.39 is 5.79 Å². The predicted molar refractivity (Wildman–Crippen MR) is 72.2 cm³/mol. The van der Waals surface area contributed by atoms with E-state index in [1.54, 1.807) is 0 Å². The zero-order valence-electron chi connectivity index (χ0n) is 10.9. The molecule has 5 heteroatoms. The van der Waals surface area contributed by atoms with E-state index in [-0.39, 0.29) is 12.2 Å². The molecule has 0 aromatic heterocycles. The molecule has 2 atom stereocenters. The Kier molecular flexibility index (Phi) is 3.25. The molecule has 2 aliphatic rings. The van der Waals surface area contributed by atoms with E-state index in [9.17, 15) is 0 Å². The molecule has 0 bridgehead atoms. The molecule has 2 heterocycles. The van der Waals surface area contributed by atoms with Crippen LogP contribution in [0.15, 0.2) is 29.4 Å². The standard InChI is InChI=1S/C14H16ClNO3/c1-14(2)17-8-13(18-14)11-7-12(19-16-11)9-3-5-10(15)6-4-9/h3-6,12-13H,7-8H2,1-2H3/t12-,13+/m0/s1. The molecule has 1 saturated heterocycles. The van der Waals surface area contributed by atoms with Crippen LogP contribution in [0.1, 0.15) is 31.9 Å². The summed E-state index contributed by atoms with van der Waals surface area (Å²) in [6.07, 6.45) is 0.568. The Hall–Kier alpha value is -1.10. The van der Waals surface area contributed by atoms with E-state index in [1.807, 2.05) is 38.1 Å². The van der Waals surface area contributed by atoms with Crippen LogP contribution < -0.4 is 0 Å². The number of hydrogen-bond acceptors (Lipinski definition) is 4. The minimum absolute atomic E-state index is 0.0559. The maximum Gasteiger partial charge on any atom is 0.163 e. The zero-order valence-corrected chi connectivity index (χ0v) is 11.7. The summed E-state index contributed by atoms with van der Waals surface area (Å²) >= 11 is 5.88. The molecule has 1 aromatic rings. The fourth-order valence-corrected chi connectivity index (χ4v) is 2.42. The van der Waals surface area contributed by atoms with Crippen molar-refractivity contribution in [3.63, 3.8) is 0 Å². The van der Waals surface area contributed by atoms with Gasteiger partial charge in [-0.05, 0) is 31.5 Å². The zero-order chi connectivity index (χ0) is 13.5. The molecule has 0 aliphatic carbocycles. The summed E-state index contributed by atoms with van der Waals surface area (Å²) < 4.78 is 11.3. The van der Waals surface area contributed by atoms with Gasteiger partial charge in [-0.15, -0.1) is 0 Å². The summed E-state index contributed by atoms with van der Waals surface area (Å²) in [6.45, 7) is 4.34. The smallest absolute Gasteiger partial charge is 0.163 e. The second-order valence-corrected chi connectivity index (χ2v) is 5.69. The van der Waals surface area contributed by atoms with Crippen molar-refractivity contribution in [1.82, 2.24) is 0 Å². The topological polar surface area (TPSA) is 40.0 Å². The van der Waals surface area contributed by atoms with Crippen molar-refractivity contribution in [2.75, 3.05) is 6.61 Å². The van der Waals surface area contributed by atoms with Crippen LogP contribution in [0.3, 0.4) is 0 Å². The number of hydrogen-bond donors (Lipinski definition) is 0. The monoisotopic (exact) mass is 281 g/mol. The number of nitrogens with zero attached hydrogens (tertiary/aromatic N) is 1. The number of oxime groups is 1. The van der Waals surface area contributed by atoms with Crippen LogP contribution in [-0.2, 0) is 14.3 Å². The summed E-state index contributed by atoms with van der Waals surface area (Å²) in [5.74, 6) is -0.536. The first-order valence-corrected chi connectivity index (χ1v) is 6.71. The van der Waals surface area contributed by atoms with Crippen LogP contribution in [0.5, 0.6) is 0 Å². The van der Waals surface area contributed by atoms with Gasteiger partial charge in [-0.2, -0.15) is 0 Å². The molecule has 0 N–H and O–H groups in total. The van der Waals surface area contributed by atoms with Gasteiger partial charge in [0, 0.05) is 11.4 Å². The Labute approximate surface area is 117 Å². The highest BCUT2D eigenvalue weighted by atomic mass is 35.5. The largest absolute Gasteiger partial charge is 0.387 e. The highest BCUT2D eigenvalue weighted by Crippen LogP contribution is 2.32. The van der Waals surface area contributed by atoms with Gasteiger partial charge >= 0.3 is 0 Å². The van der Waals surface area contributed by atoms with E-state index in [0.717, 1.165) is 22.7 Å². The minimum Gasteiger partial charge on any atom is -0.387 e. The maximum atomic E-state index is 5.88. The van der Waals surface area contributed by atoms with Gasteiger partial charge in [0.2, 0.25) is 0 Å². The first-order chi connectivity index (χ1) is 9.03. The molecule has 0 saturated carbocycles. The van der Waals surface area contributed by atoms with Crippen molar-refractivity contribution < 1.29 is 14.3 Å².